The lowest BCUT2D eigenvalue weighted by Gasteiger charge is -2.49. The summed E-state index contributed by atoms with van der Waals surface area (Å²) in [5.41, 5.74) is -12.7. The lowest BCUT2D eigenvalue weighted by atomic mass is 9.54. The minimum Gasteiger partial charge on any atom is -0.458 e. The lowest BCUT2D eigenvalue weighted by molar-refractivity contribution is -0.341. The number of carbonyl (C=O) groups is 3. The summed E-state index contributed by atoms with van der Waals surface area (Å²) in [6.07, 6.45) is -22.3. The summed E-state index contributed by atoms with van der Waals surface area (Å²) < 4.78 is 142. The lowest BCUT2D eigenvalue weighted by Crippen LogP contribution is -2.70. The highest BCUT2D eigenvalue weighted by molar-refractivity contribution is 5.95. The molecule has 2 bridgehead atoms. The average Bonchev–Trinajstić information content (AvgIpc) is 3.47. The predicted octanol–water partition coefficient (Wildman–Crippen LogP) is 4.96. The standard InChI is InChI=1S/C22H21F9O6/c1-3-17(6-4-5-7-17)37-16(34)19(22(29,30)31)10-8-11-13(36-15(33)18(11,19)21(26,27)28)12(10)35-14(32)9(2)20(23,24)25/h10-13H,2-8H2,1H3. The zero-order valence-electron chi connectivity index (χ0n) is 19.1. The van der Waals surface area contributed by atoms with Gasteiger partial charge in [0, 0.05) is 11.8 Å². The number of fused-ring (bicyclic) bond motifs is 1. The first-order valence-electron chi connectivity index (χ1n) is 11.4. The number of hydrogen-bond donors (Lipinski definition) is 0. The fourth-order valence-corrected chi connectivity index (χ4v) is 6.80. The predicted molar refractivity (Wildman–Crippen MR) is 101 cm³/mol. The van der Waals surface area contributed by atoms with Gasteiger partial charge in [-0.3, -0.25) is 9.59 Å². The van der Waals surface area contributed by atoms with Gasteiger partial charge in [0.15, 0.2) is 10.8 Å². The van der Waals surface area contributed by atoms with Crippen LogP contribution in [0, 0.1) is 22.7 Å². The van der Waals surface area contributed by atoms with Crippen molar-refractivity contribution in [3.05, 3.63) is 12.2 Å². The first-order chi connectivity index (χ1) is 16.8. The Hall–Kier alpha value is -2.48. The van der Waals surface area contributed by atoms with Crippen molar-refractivity contribution in [1.82, 2.24) is 0 Å². The number of ether oxygens (including phenoxy) is 3. The molecular formula is C22H21F9O6. The number of rotatable bonds is 5. The second kappa shape index (κ2) is 8.01. The second-order valence-electron chi connectivity index (χ2n) is 9.91. The highest BCUT2D eigenvalue weighted by Gasteiger charge is 2.98. The zero-order chi connectivity index (χ0) is 28.0. The van der Waals surface area contributed by atoms with Crippen molar-refractivity contribution >= 4 is 17.9 Å². The summed E-state index contributed by atoms with van der Waals surface area (Å²) in [5, 5.41) is 0. The van der Waals surface area contributed by atoms with Crippen LogP contribution in [-0.4, -0.2) is 54.2 Å². The van der Waals surface area contributed by atoms with Crippen molar-refractivity contribution in [1.29, 1.82) is 0 Å². The van der Waals surface area contributed by atoms with E-state index in [9.17, 15) is 53.9 Å². The molecule has 0 aromatic heterocycles. The van der Waals surface area contributed by atoms with E-state index in [1.165, 1.54) is 6.92 Å². The maximum Gasteiger partial charge on any atom is 0.422 e. The Morgan fingerprint density at radius 3 is 2.03 bits per heavy atom. The van der Waals surface area contributed by atoms with Crippen molar-refractivity contribution in [2.75, 3.05) is 0 Å². The van der Waals surface area contributed by atoms with Gasteiger partial charge in [0.05, 0.1) is 0 Å². The maximum absolute atomic E-state index is 14.9. The van der Waals surface area contributed by atoms with E-state index in [-0.39, 0.29) is 19.3 Å². The molecule has 1 saturated heterocycles. The molecule has 0 radical (unpaired) electrons. The van der Waals surface area contributed by atoms with Gasteiger partial charge in [-0.25, -0.2) is 4.79 Å². The Morgan fingerprint density at radius 1 is 1.00 bits per heavy atom. The van der Waals surface area contributed by atoms with Gasteiger partial charge in [0.2, 0.25) is 0 Å². The zero-order valence-corrected chi connectivity index (χ0v) is 19.1. The van der Waals surface area contributed by atoms with E-state index < -0.39 is 88.9 Å². The molecule has 0 aromatic rings. The van der Waals surface area contributed by atoms with Gasteiger partial charge in [0.1, 0.15) is 23.4 Å². The van der Waals surface area contributed by atoms with Gasteiger partial charge >= 0.3 is 36.4 Å². The van der Waals surface area contributed by atoms with Crippen LogP contribution in [0.2, 0.25) is 0 Å². The highest BCUT2D eigenvalue weighted by Crippen LogP contribution is 2.79. The molecule has 1 aliphatic heterocycles. The Morgan fingerprint density at radius 2 is 1.57 bits per heavy atom. The first kappa shape index (κ1) is 27.6. The summed E-state index contributed by atoms with van der Waals surface area (Å²) in [4.78, 5) is 38.3. The van der Waals surface area contributed by atoms with E-state index in [1.54, 1.807) is 0 Å². The fourth-order valence-electron chi connectivity index (χ4n) is 6.80. The van der Waals surface area contributed by atoms with E-state index in [0.29, 0.717) is 12.8 Å². The number of alkyl halides is 9. The molecular weight excluding hydrogens is 531 g/mol. The third-order valence-corrected chi connectivity index (χ3v) is 8.44. The van der Waals surface area contributed by atoms with Gasteiger partial charge in [0.25, 0.3) is 0 Å². The third-order valence-electron chi connectivity index (χ3n) is 8.44. The molecule has 3 saturated carbocycles. The van der Waals surface area contributed by atoms with Gasteiger partial charge in [-0.1, -0.05) is 13.5 Å². The molecule has 15 heteroatoms. The van der Waals surface area contributed by atoms with E-state index in [2.05, 4.69) is 16.1 Å². The monoisotopic (exact) mass is 552 g/mol. The van der Waals surface area contributed by atoms with Crippen LogP contribution in [0.4, 0.5) is 39.5 Å². The van der Waals surface area contributed by atoms with Crippen molar-refractivity contribution in [3.63, 3.8) is 0 Å². The molecule has 1 heterocycles. The molecule has 4 fully saturated rings. The van der Waals surface area contributed by atoms with Crippen LogP contribution in [0.25, 0.3) is 0 Å². The molecule has 0 aromatic carbocycles. The summed E-state index contributed by atoms with van der Waals surface area (Å²) >= 11 is 0. The van der Waals surface area contributed by atoms with Gasteiger partial charge in [-0.2, -0.15) is 39.5 Å². The van der Waals surface area contributed by atoms with Crippen LogP contribution >= 0.6 is 0 Å². The van der Waals surface area contributed by atoms with Crippen molar-refractivity contribution < 1.29 is 68.1 Å². The Labute approximate surface area is 203 Å². The molecule has 0 amide bonds. The number of esters is 3. The van der Waals surface area contributed by atoms with Crippen molar-refractivity contribution in [2.24, 2.45) is 22.7 Å². The molecule has 4 rings (SSSR count). The topological polar surface area (TPSA) is 78.9 Å². The fraction of sp³-hybridized carbons (Fsp3) is 0.773. The van der Waals surface area contributed by atoms with Crippen molar-refractivity contribution in [3.8, 4) is 0 Å². The average molecular weight is 552 g/mol. The third kappa shape index (κ3) is 3.36. The molecule has 37 heavy (non-hydrogen) atoms. The van der Waals surface area contributed by atoms with E-state index in [0.717, 1.165) is 0 Å². The van der Waals surface area contributed by atoms with Crippen LogP contribution in [0.15, 0.2) is 12.2 Å². The van der Waals surface area contributed by atoms with E-state index in [1.807, 2.05) is 0 Å². The van der Waals surface area contributed by atoms with Crippen LogP contribution in [0.1, 0.15) is 45.4 Å². The van der Waals surface area contributed by atoms with E-state index >= 15 is 0 Å². The normalized spacial score (nSPS) is 36.4. The summed E-state index contributed by atoms with van der Waals surface area (Å²) in [7, 11) is 0. The summed E-state index contributed by atoms with van der Waals surface area (Å²) in [6, 6.07) is 0. The van der Waals surface area contributed by atoms with Crippen LogP contribution in [-0.2, 0) is 28.6 Å². The van der Waals surface area contributed by atoms with Crippen LogP contribution in [0.3, 0.4) is 0 Å². The minimum absolute atomic E-state index is 0.0311. The molecule has 0 spiro atoms. The smallest absolute Gasteiger partial charge is 0.422 e. The quantitative estimate of drug-likeness (QED) is 0.208. The van der Waals surface area contributed by atoms with Crippen LogP contribution in [0.5, 0.6) is 0 Å². The molecule has 6 nitrogen and oxygen atoms in total. The molecule has 0 N–H and O–H groups in total. The second-order valence-corrected chi connectivity index (χ2v) is 9.91. The first-order valence-corrected chi connectivity index (χ1v) is 11.4. The largest absolute Gasteiger partial charge is 0.458 e. The Kier molecular flexibility index (Phi) is 5.97. The maximum atomic E-state index is 14.9. The summed E-state index contributed by atoms with van der Waals surface area (Å²) in [5.74, 6) is -12.0. The highest BCUT2D eigenvalue weighted by atomic mass is 19.4. The van der Waals surface area contributed by atoms with Crippen molar-refractivity contribution in [2.45, 2.75) is 81.8 Å². The minimum atomic E-state index is -6.10. The molecule has 6 unspecified atom stereocenters. The molecule has 208 valence electrons. The number of halogens is 9. The van der Waals surface area contributed by atoms with Gasteiger partial charge < -0.3 is 14.2 Å². The SMILES string of the molecule is C=C(C(=O)OC1C2OC(=O)C3(C(F)(F)F)C2CC1C3(C(=O)OC1(CC)CCCC1)C(F)(F)F)C(F)(F)F. The van der Waals surface area contributed by atoms with Crippen LogP contribution < -0.4 is 0 Å². The summed E-state index contributed by atoms with van der Waals surface area (Å²) in [6.45, 7) is 3.93. The number of hydrogen-bond acceptors (Lipinski definition) is 6. The Bertz CT molecular complexity index is 1030. The van der Waals surface area contributed by atoms with E-state index in [4.69, 9.17) is 4.74 Å². The molecule has 3 aliphatic carbocycles. The van der Waals surface area contributed by atoms with Gasteiger partial charge in [-0.05, 0) is 38.5 Å². The number of carbonyl (C=O) groups excluding carboxylic acids is 3. The molecule has 6 atom stereocenters. The van der Waals surface area contributed by atoms with Gasteiger partial charge in [-0.15, -0.1) is 0 Å². The Balaban J connectivity index is 1.89. The molecule has 4 aliphatic rings.